The van der Waals surface area contributed by atoms with Crippen LogP contribution in [0.15, 0.2) is 194 Å². The molecule has 0 aliphatic carbocycles. The van der Waals surface area contributed by atoms with Gasteiger partial charge in [-0.15, -0.1) is 11.3 Å². The number of rotatable bonds is 6. The molecule has 0 bridgehead atoms. The Morgan fingerprint density at radius 3 is 1.96 bits per heavy atom. The number of benzene rings is 8. The Kier molecular flexibility index (Phi) is 4.60. The molecule has 0 N–H and O–H groups in total. The molecule has 0 aliphatic rings. The van der Waals surface area contributed by atoms with Crippen LogP contribution in [0, 0.1) is 0 Å². The molecule has 56 heavy (non-hydrogen) atoms. The summed E-state index contributed by atoms with van der Waals surface area (Å²) in [7, 11) is 0. The van der Waals surface area contributed by atoms with Crippen molar-refractivity contribution in [1.29, 1.82) is 0 Å². The molecule has 0 fully saturated rings. The van der Waals surface area contributed by atoms with Gasteiger partial charge in [-0.3, -0.25) is 0 Å². The van der Waals surface area contributed by atoms with Crippen LogP contribution in [0.4, 0.5) is 0 Å². The summed E-state index contributed by atoms with van der Waals surface area (Å²) in [6.07, 6.45) is 0. The van der Waals surface area contributed by atoms with Crippen LogP contribution in [0.5, 0.6) is 0 Å². The van der Waals surface area contributed by atoms with Gasteiger partial charge in [0.1, 0.15) is 0 Å². The first kappa shape index (κ1) is 19.4. The minimum atomic E-state index is -0.619. The van der Waals surface area contributed by atoms with E-state index >= 15 is 0 Å². The Morgan fingerprint density at radius 2 is 1.09 bits per heavy atom. The standard InChI is InChI=1S/C51H32N4S/c1-3-15-33(16-4-1)35-29-30-46-43(32-35)39-21-7-10-26-44(39)55(46)45-27-11-8-23-42(45)51-53-49(34-17-5-2-6-18-34)52-50(54-51)37-20-13-19-36(31-37)38-24-14-25-41-40-22-9-12-28-47(40)56-48(38)41/h1-32H/i1D,2D,3D,4D,5D,6D,9D,12D,14D,15D,16D,17D,18D,22D,24D,25D,28D. The quantitative estimate of drug-likeness (QED) is 0.170. The van der Waals surface area contributed by atoms with Crippen LogP contribution in [0.3, 0.4) is 0 Å². The number of hydrogen-bond acceptors (Lipinski definition) is 4. The Balaban J connectivity index is 1.16. The monoisotopic (exact) mass is 749 g/mol. The molecule has 4 nitrogen and oxygen atoms in total. The molecule has 0 spiro atoms. The van der Waals surface area contributed by atoms with E-state index in [-0.39, 0.29) is 85.9 Å². The van der Waals surface area contributed by atoms with Crippen molar-refractivity contribution in [2.24, 2.45) is 0 Å². The Hall–Kier alpha value is -7.21. The lowest BCUT2D eigenvalue weighted by Crippen LogP contribution is -2.03. The number of thiophene rings is 1. The molecule has 5 heteroatoms. The van der Waals surface area contributed by atoms with Crippen LogP contribution < -0.4 is 0 Å². The van der Waals surface area contributed by atoms with Crippen LogP contribution in [0.25, 0.3) is 104 Å². The molecule has 11 rings (SSSR count). The smallest absolute Gasteiger partial charge is 0.166 e. The molecule has 11 aromatic rings. The third kappa shape index (κ3) is 5.40. The molecule has 0 radical (unpaired) electrons. The molecule has 0 saturated carbocycles. The zero-order chi connectivity index (χ0) is 51.8. The average molecular weight is 750 g/mol. The number of nitrogens with zero attached hydrogens (tertiary/aromatic N) is 4. The highest BCUT2D eigenvalue weighted by Crippen LogP contribution is 2.41. The topological polar surface area (TPSA) is 43.6 Å². The maximum Gasteiger partial charge on any atom is 0.166 e. The lowest BCUT2D eigenvalue weighted by molar-refractivity contribution is 1.06. The normalized spacial score (nSPS) is 15.8. The SMILES string of the molecule is [2H]c1c([2H])c([2H])c(-c2ccc3c(c2)c2ccccc2n3-c2ccccc2-c2nc(-c3cccc(-c4c([2H])c([2H])c([2H])c5c4sc4c([2H])c([2H])c([2H])c([2H])c45)c3)nc(-c3c([2H])c([2H])c([2H])c([2H])c3[2H])n2)c([2H])c1[2H]. The molecule has 0 amide bonds. The van der Waals surface area contributed by atoms with Gasteiger partial charge < -0.3 is 4.57 Å². The lowest BCUT2D eigenvalue weighted by atomic mass is 10.0. The van der Waals surface area contributed by atoms with Crippen LogP contribution in [0.1, 0.15) is 23.3 Å². The maximum atomic E-state index is 9.16. The molecule has 0 aliphatic heterocycles. The summed E-state index contributed by atoms with van der Waals surface area (Å²) in [5.74, 6) is -0.250. The highest BCUT2D eigenvalue weighted by Gasteiger charge is 2.20. The van der Waals surface area contributed by atoms with E-state index in [1.165, 1.54) is 0 Å². The minimum absolute atomic E-state index is 0.0177. The second-order valence-corrected chi connectivity index (χ2v) is 13.8. The Morgan fingerprint density at radius 1 is 0.411 bits per heavy atom. The minimum Gasteiger partial charge on any atom is -0.309 e. The number of aromatic nitrogens is 4. The fraction of sp³-hybridized carbons (Fsp3) is 0. The largest absolute Gasteiger partial charge is 0.309 e. The van der Waals surface area contributed by atoms with Gasteiger partial charge in [-0.2, -0.15) is 0 Å². The molecule has 262 valence electrons. The van der Waals surface area contributed by atoms with Crippen molar-refractivity contribution in [3.05, 3.63) is 194 Å². The van der Waals surface area contributed by atoms with Gasteiger partial charge in [0.05, 0.1) is 40.0 Å². The van der Waals surface area contributed by atoms with E-state index in [4.69, 9.17) is 38.3 Å². The average Bonchev–Trinajstić information content (AvgIpc) is 3.96. The predicted molar refractivity (Wildman–Crippen MR) is 234 cm³/mol. The van der Waals surface area contributed by atoms with Gasteiger partial charge in [0.2, 0.25) is 0 Å². The fourth-order valence-electron chi connectivity index (χ4n) is 7.08. The second kappa shape index (κ2) is 13.3. The Bertz CT molecular complexity index is 4210. The van der Waals surface area contributed by atoms with Crippen molar-refractivity contribution < 1.29 is 23.3 Å². The summed E-state index contributed by atoms with van der Waals surface area (Å²) in [5, 5.41) is 1.63. The fourth-order valence-corrected chi connectivity index (χ4v) is 8.17. The van der Waals surface area contributed by atoms with Gasteiger partial charge >= 0.3 is 0 Å². The molecule has 3 heterocycles. The van der Waals surface area contributed by atoms with Crippen molar-refractivity contribution in [3.63, 3.8) is 0 Å². The zero-order valence-electron chi connectivity index (χ0n) is 45.9. The molecule has 0 unspecified atom stereocenters. The van der Waals surface area contributed by atoms with E-state index in [9.17, 15) is 0 Å². The number of para-hydroxylation sites is 2. The highest BCUT2D eigenvalue weighted by atomic mass is 32.1. The van der Waals surface area contributed by atoms with E-state index in [0.717, 1.165) is 22.2 Å². The first-order chi connectivity index (χ1) is 34.8. The molecule has 3 aromatic heterocycles. The summed E-state index contributed by atoms with van der Waals surface area (Å²) in [5.41, 5.74) is 3.33. The zero-order valence-corrected chi connectivity index (χ0v) is 29.7. The number of hydrogen-bond donors (Lipinski definition) is 0. The van der Waals surface area contributed by atoms with Gasteiger partial charge in [-0.1, -0.05) is 151 Å². The summed E-state index contributed by atoms with van der Waals surface area (Å²) < 4.78 is 149. The molecular formula is C51H32N4S. The summed E-state index contributed by atoms with van der Waals surface area (Å²) in [6.45, 7) is 0. The molecule has 0 atom stereocenters. The van der Waals surface area contributed by atoms with E-state index in [2.05, 4.69) is 0 Å². The molecular weight excluding hydrogens is 701 g/mol. The van der Waals surface area contributed by atoms with Crippen LogP contribution >= 0.6 is 11.3 Å². The third-order valence-electron chi connectivity index (χ3n) is 9.55. The summed E-state index contributed by atoms with van der Waals surface area (Å²) >= 11 is 0.987. The van der Waals surface area contributed by atoms with Crippen LogP contribution in [-0.4, -0.2) is 19.5 Å². The van der Waals surface area contributed by atoms with Gasteiger partial charge in [-0.25, -0.2) is 15.0 Å². The molecule has 8 aromatic carbocycles. The van der Waals surface area contributed by atoms with Crippen molar-refractivity contribution >= 4 is 53.3 Å². The van der Waals surface area contributed by atoms with Crippen molar-refractivity contribution in [2.45, 2.75) is 0 Å². The first-order valence-corrected chi connectivity index (χ1v) is 18.2. The van der Waals surface area contributed by atoms with E-state index in [1.54, 1.807) is 54.6 Å². The van der Waals surface area contributed by atoms with Gasteiger partial charge in [-0.05, 0) is 64.7 Å². The van der Waals surface area contributed by atoms with Gasteiger partial charge in [0, 0.05) is 47.6 Å². The van der Waals surface area contributed by atoms with Crippen molar-refractivity contribution in [2.75, 3.05) is 0 Å². The summed E-state index contributed by atoms with van der Waals surface area (Å²) in [6, 6.07) is 18.7. The summed E-state index contributed by atoms with van der Waals surface area (Å²) in [4.78, 5) is 14.6. The van der Waals surface area contributed by atoms with Gasteiger partial charge in [0.25, 0.3) is 0 Å². The van der Waals surface area contributed by atoms with Crippen LogP contribution in [-0.2, 0) is 0 Å². The highest BCUT2D eigenvalue weighted by molar-refractivity contribution is 7.26. The van der Waals surface area contributed by atoms with Crippen molar-refractivity contribution in [1.82, 2.24) is 19.5 Å². The predicted octanol–water partition coefficient (Wildman–Crippen LogP) is 13.7. The number of fused-ring (bicyclic) bond motifs is 6. The first-order valence-electron chi connectivity index (χ1n) is 25.9. The van der Waals surface area contributed by atoms with Crippen molar-refractivity contribution in [3.8, 4) is 62.1 Å². The lowest BCUT2D eigenvalue weighted by Gasteiger charge is -2.15. The maximum absolute atomic E-state index is 9.16. The van der Waals surface area contributed by atoms with E-state index < -0.39 is 66.5 Å². The van der Waals surface area contributed by atoms with E-state index in [0.29, 0.717) is 43.5 Å². The van der Waals surface area contributed by atoms with Gasteiger partial charge in [0.15, 0.2) is 17.5 Å². The second-order valence-electron chi connectivity index (χ2n) is 12.7. The third-order valence-corrected chi connectivity index (χ3v) is 10.7. The Labute approximate surface area is 351 Å². The van der Waals surface area contributed by atoms with Crippen LogP contribution in [0.2, 0.25) is 0 Å². The molecule has 0 saturated heterocycles. The van der Waals surface area contributed by atoms with E-state index in [1.807, 2.05) is 41.0 Å².